The molecule has 2 heterocycles. The van der Waals surface area contributed by atoms with Gasteiger partial charge in [-0.15, -0.1) is 0 Å². The first-order chi connectivity index (χ1) is 10.1. The zero-order chi connectivity index (χ0) is 15.0. The van der Waals surface area contributed by atoms with Crippen LogP contribution in [0.1, 0.15) is 56.9 Å². The lowest BCUT2D eigenvalue weighted by molar-refractivity contribution is -0.136. The monoisotopic (exact) mass is 292 g/mol. The summed E-state index contributed by atoms with van der Waals surface area (Å²) in [5, 5.41) is 0. The third-order valence-electron chi connectivity index (χ3n) is 4.69. The van der Waals surface area contributed by atoms with Crippen LogP contribution in [0.15, 0.2) is 9.59 Å². The third-order valence-corrected chi connectivity index (χ3v) is 4.69. The van der Waals surface area contributed by atoms with Gasteiger partial charge >= 0.3 is 11.7 Å². The maximum absolute atomic E-state index is 12.5. The van der Waals surface area contributed by atoms with Gasteiger partial charge in [-0.05, 0) is 25.7 Å². The highest BCUT2D eigenvalue weighted by Gasteiger charge is 2.32. The number of aromatic amines is 1. The number of fused-ring (bicyclic) bond motifs is 1. The van der Waals surface area contributed by atoms with Gasteiger partial charge in [0.2, 0.25) is 5.88 Å². The van der Waals surface area contributed by atoms with Crippen molar-refractivity contribution in [2.45, 2.75) is 57.9 Å². The molecule has 0 aromatic carbocycles. The maximum Gasteiger partial charge on any atom is 0.331 e. The minimum Gasteiger partial charge on any atom is -0.409 e. The number of ether oxygens (including phenoxy) is 1. The van der Waals surface area contributed by atoms with Crippen LogP contribution >= 0.6 is 0 Å². The van der Waals surface area contributed by atoms with Gasteiger partial charge in [0, 0.05) is 12.5 Å². The number of hydrogen-bond acceptors (Lipinski definition) is 4. The minimum atomic E-state index is -0.520. The van der Waals surface area contributed by atoms with Gasteiger partial charge in [-0.2, -0.15) is 0 Å². The molecular weight excluding hydrogens is 272 g/mol. The molecule has 1 unspecified atom stereocenters. The molecule has 1 saturated carbocycles. The Hall–Kier alpha value is -1.85. The fourth-order valence-electron chi connectivity index (χ4n) is 3.22. The number of carbonyl (C=O) groups excluding carboxylic acids is 1. The molecule has 0 saturated heterocycles. The average molecular weight is 292 g/mol. The number of nitrogens with one attached hydrogen (secondary N) is 1. The van der Waals surface area contributed by atoms with E-state index >= 15 is 0 Å². The third kappa shape index (κ3) is 2.54. The van der Waals surface area contributed by atoms with E-state index in [1.807, 2.05) is 0 Å². The van der Waals surface area contributed by atoms with Gasteiger partial charge in [0.25, 0.3) is 5.56 Å². The summed E-state index contributed by atoms with van der Waals surface area (Å²) in [4.78, 5) is 38.5. The van der Waals surface area contributed by atoms with E-state index in [1.54, 1.807) is 6.92 Å². The summed E-state index contributed by atoms with van der Waals surface area (Å²) in [6, 6.07) is 0. The lowest BCUT2D eigenvalue weighted by Crippen LogP contribution is -2.40. The van der Waals surface area contributed by atoms with E-state index < -0.39 is 5.69 Å². The molecule has 0 bridgehead atoms. The molecule has 3 rings (SSSR count). The van der Waals surface area contributed by atoms with E-state index in [9.17, 15) is 14.4 Å². The lowest BCUT2D eigenvalue weighted by Gasteiger charge is -2.29. The second-order valence-electron chi connectivity index (χ2n) is 5.97. The number of nitrogens with zero attached hydrogens (tertiary/aromatic N) is 1. The molecule has 0 amide bonds. The first-order valence-corrected chi connectivity index (χ1v) is 7.67. The second kappa shape index (κ2) is 5.50. The molecule has 6 nitrogen and oxygen atoms in total. The first kappa shape index (κ1) is 14.1. The molecule has 1 atom stereocenters. The molecular formula is C15H20N2O4. The van der Waals surface area contributed by atoms with Crippen LogP contribution in [0.4, 0.5) is 0 Å². The Balaban J connectivity index is 1.95. The van der Waals surface area contributed by atoms with Crippen molar-refractivity contribution in [1.29, 1.82) is 0 Å². The minimum absolute atomic E-state index is 0.0598. The van der Waals surface area contributed by atoms with Gasteiger partial charge < -0.3 is 4.74 Å². The zero-order valence-electron chi connectivity index (χ0n) is 12.2. The van der Waals surface area contributed by atoms with Crippen LogP contribution in [-0.2, 0) is 11.3 Å². The standard InChI is InChI=1S/C15H20N2O4/c1-2-17-14(19)12-10(7-6-9-4-3-5-9)8-11(18)21-13(12)16-15(17)20/h9-10H,2-8H2,1H3,(H,16,20). The van der Waals surface area contributed by atoms with Crippen molar-refractivity contribution in [3.05, 3.63) is 26.4 Å². The maximum atomic E-state index is 12.5. The van der Waals surface area contributed by atoms with E-state index in [0.29, 0.717) is 12.1 Å². The van der Waals surface area contributed by atoms with Gasteiger partial charge in [-0.3, -0.25) is 19.1 Å². The predicted molar refractivity (Wildman–Crippen MR) is 76.6 cm³/mol. The number of carbonyl (C=O) groups is 1. The van der Waals surface area contributed by atoms with Crippen molar-refractivity contribution in [2.75, 3.05) is 0 Å². The lowest BCUT2D eigenvalue weighted by atomic mass is 9.79. The van der Waals surface area contributed by atoms with E-state index in [0.717, 1.165) is 23.3 Å². The largest absolute Gasteiger partial charge is 0.409 e. The average Bonchev–Trinajstić information content (AvgIpc) is 2.36. The Kier molecular flexibility index (Phi) is 3.69. The Morgan fingerprint density at radius 2 is 2.00 bits per heavy atom. The normalized spacial score (nSPS) is 21.6. The molecule has 0 spiro atoms. The number of H-pyrrole nitrogens is 1. The number of rotatable bonds is 4. The molecule has 1 fully saturated rings. The molecule has 1 aliphatic carbocycles. The van der Waals surface area contributed by atoms with Gasteiger partial charge in [0.15, 0.2) is 0 Å². The summed E-state index contributed by atoms with van der Waals surface area (Å²) < 4.78 is 6.22. The number of hydrogen-bond donors (Lipinski definition) is 1. The smallest absolute Gasteiger partial charge is 0.331 e. The van der Waals surface area contributed by atoms with E-state index in [2.05, 4.69) is 4.98 Å². The first-order valence-electron chi connectivity index (χ1n) is 7.67. The van der Waals surface area contributed by atoms with Crippen molar-refractivity contribution >= 4 is 5.97 Å². The Morgan fingerprint density at radius 3 is 2.62 bits per heavy atom. The topological polar surface area (TPSA) is 81.2 Å². The summed E-state index contributed by atoms with van der Waals surface area (Å²) in [6.45, 7) is 2.06. The van der Waals surface area contributed by atoms with Gasteiger partial charge in [0.05, 0.1) is 12.0 Å². The quantitative estimate of drug-likeness (QED) is 0.853. The van der Waals surface area contributed by atoms with Crippen molar-refractivity contribution in [2.24, 2.45) is 5.92 Å². The van der Waals surface area contributed by atoms with Gasteiger partial charge in [0.1, 0.15) is 0 Å². The van der Waals surface area contributed by atoms with E-state index in [-0.39, 0.29) is 29.7 Å². The van der Waals surface area contributed by atoms with Crippen LogP contribution in [0, 0.1) is 5.92 Å². The molecule has 2 aliphatic rings. The van der Waals surface area contributed by atoms with Crippen molar-refractivity contribution in [3.8, 4) is 5.88 Å². The zero-order valence-corrected chi connectivity index (χ0v) is 12.2. The SMILES string of the molecule is CCn1c(=O)[nH]c2c(c1=O)C(CCC1CCC1)CC(=O)O2. The fourth-order valence-corrected chi connectivity index (χ4v) is 3.22. The summed E-state index contributed by atoms with van der Waals surface area (Å²) >= 11 is 0. The molecule has 6 heteroatoms. The Morgan fingerprint density at radius 1 is 1.24 bits per heavy atom. The predicted octanol–water partition coefficient (Wildman–Crippen LogP) is 1.53. The fraction of sp³-hybridized carbons (Fsp3) is 0.667. The molecule has 21 heavy (non-hydrogen) atoms. The van der Waals surface area contributed by atoms with Crippen LogP contribution < -0.4 is 16.0 Å². The van der Waals surface area contributed by atoms with Crippen molar-refractivity contribution in [3.63, 3.8) is 0 Å². The van der Waals surface area contributed by atoms with Crippen molar-refractivity contribution in [1.82, 2.24) is 9.55 Å². The summed E-state index contributed by atoms with van der Waals surface area (Å²) in [7, 11) is 0. The number of aromatic nitrogens is 2. The van der Waals surface area contributed by atoms with Crippen LogP contribution in [0.3, 0.4) is 0 Å². The molecule has 114 valence electrons. The van der Waals surface area contributed by atoms with Gasteiger partial charge in [-0.1, -0.05) is 19.3 Å². The van der Waals surface area contributed by atoms with Crippen LogP contribution in [0.5, 0.6) is 5.88 Å². The summed E-state index contributed by atoms with van der Waals surface area (Å²) in [5.41, 5.74) is -0.369. The Bertz CT molecular complexity index is 669. The Labute approximate surface area is 122 Å². The van der Waals surface area contributed by atoms with E-state index in [1.165, 1.54) is 19.3 Å². The van der Waals surface area contributed by atoms with Crippen molar-refractivity contribution < 1.29 is 9.53 Å². The second-order valence-corrected chi connectivity index (χ2v) is 5.97. The molecule has 0 radical (unpaired) electrons. The van der Waals surface area contributed by atoms with Crippen LogP contribution in [0.25, 0.3) is 0 Å². The highest BCUT2D eigenvalue weighted by Crippen LogP contribution is 2.37. The molecule has 1 N–H and O–H groups in total. The summed E-state index contributed by atoms with van der Waals surface area (Å²) in [6.07, 6.45) is 5.83. The number of esters is 1. The van der Waals surface area contributed by atoms with E-state index in [4.69, 9.17) is 4.74 Å². The highest BCUT2D eigenvalue weighted by molar-refractivity contribution is 5.75. The molecule has 1 aromatic rings. The summed E-state index contributed by atoms with van der Waals surface area (Å²) in [5.74, 6) is 0.279. The van der Waals surface area contributed by atoms with Crippen LogP contribution in [-0.4, -0.2) is 15.5 Å². The molecule has 1 aromatic heterocycles. The van der Waals surface area contributed by atoms with Crippen LogP contribution in [0.2, 0.25) is 0 Å². The molecule has 1 aliphatic heterocycles. The highest BCUT2D eigenvalue weighted by atomic mass is 16.5. The van der Waals surface area contributed by atoms with Gasteiger partial charge in [-0.25, -0.2) is 4.79 Å².